The first kappa shape index (κ1) is 18.9. The van der Waals surface area contributed by atoms with Gasteiger partial charge < -0.3 is 14.4 Å². The highest BCUT2D eigenvalue weighted by molar-refractivity contribution is 8.26. The average Bonchev–Trinajstić information content (AvgIpc) is 2.91. The van der Waals surface area contributed by atoms with Crippen molar-refractivity contribution in [2.45, 2.75) is 6.92 Å². The van der Waals surface area contributed by atoms with Crippen molar-refractivity contribution in [3.8, 4) is 5.75 Å². The number of carbonyl (C=O) groups excluding carboxylic acids is 2. The number of carbonyl (C=O) groups is 2. The fraction of sp³-hybridized carbons (Fsp3) is 0.389. The highest BCUT2D eigenvalue weighted by Crippen LogP contribution is 2.32. The molecule has 0 radical (unpaired) electrons. The van der Waals surface area contributed by atoms with E-state index in [4.69, 9.17) is 21.7 Å². The molecule has 138 valence electrons. The van der Waals surface area contributed by atoms with Gasteiger partial charge in [0, 0.05) is 13.1 Å². The van der Waals surface area contributed by atoms with Gasteiger partial charge in [-0.3, -0.25) is 14.5 Å². The fourth-order valence-electron chi connectivity index (χ4n) is 2.66. The van der Waals surface area contributed by atoms with E-state index in [1.54, 1.807) is 11.0 Å². The van der Waals surface area contributed by atoms with Crippen LogP contribution in [0.1, 0.15) is 12.5 Å². The second-order valence-corrected chi connectivity index (χ2v) is 7.44. The van der Waals surface area contributed by atoms with Gasteiger partial charge in [0.15, 0.2) is 0 Å². The maximum atomic E-state index is 12.6. The monoisotopic (exact) mass is 392 g/mol. The number of hydrogen-bond acceptors (Lipinski definition) is 6. The third-order valence-electron chi connectivity index (χ3n) is 4.02. The predicted molar refractivity (Wildman–Crippen MR) is 105 cm³/mol. The van der Waals surface area contributed by atoms with Gasteiger partial charge in [-0.05, 0) is 30.7 Å². The van der Waals surface area contributed by atoms with E-state index in [1.807, 2.05) is 31.2 Å². The summed E-state index contributed by atoms with van der Waals surface area (Å²) in [6.07, 6.45) is 1.79. The molecule has 6 nitrogen and oxygen atoms in total. The molecule has 0 N–H and O–H groups in total. The summed E-state index contributed by atoms with van der Waals surface area (Å²) >= 11 is 6.52. The van der Waals surface area contributed by atoms with E-state index in [2.05, 4.69) is 0 Å². The number of amides is 2. The molecule has 2 amide bonds. The van der Waals surface area contributed by atoms with Gasteiger partial charge >= 0.3 is 0 Å². The summed E-state index contributed by atoms with van der Waals surface area (Å²) < 4.78 is 11.1. The zero-order chi connectivity index (χ0) is 18.5. The lowest BCUT2D eigenvalue weighted by molar-refractivity contribution is -0.138. The van der Waals surface area contributed by atoms with Crippen molar-refractivity contribution in [1.82, 2.24) is 9.80 Å². The Morgan fingerprint density at radius 2 is 2.00 bits per heavy atom. The molecule has 0 unspecified atom stereocenters. The molecule has 2 saturated heterocycles. The predicted octanol–water partition coefficient (Wildman–Crippen LogP) is 2.15. The third-order valence-corrected chi connectivity index (χ3v) is 5.40. The number of thioether (sulfide) groups is 1. The van der Waals surface area contributed by atoms with Crippen LogP contribution in [0.25, 0.3) is 6.08 Å². The van der Waals surface area contributed by atoms with E-state index in [-0.39, 0.29) is 18.4 Å². The molecule has 2 aliphatic heterocycles. The van der Waals surface area contributed by atoms with Crippen LogP contribution < -0.4 is 4.74 Å². The van der Waals surface area contributed by atoms with Crippen LogP contribution in [-0.4, -0.2) is 65.4 Å². The molecule has 0 bridgehead atoms. The Morgan fingerprint density at radius 1 is 1.31 bits per heavy atom. The largest absolute Gasteiger partial charge is 0.494 e. The summed E-state index contributed by atoms with van der Waals surface area (Å²) in [5, 5.41) is 0. The Balaban J connectivity index is 1.66. The van der Waals surface area contributed by atoms with Gasteiger partial charge in [0.2, 0.25) is 5.91 Å². The second kappa shape index (κ2) is 8.66. The van der Waals surface area contributed by atoms with Crippen molar-refractivity contribution in [1.29, 1.82) is 0 Å². The summed E-state index contributed by atoms with van der Waals surface area (Å²) in [5.41, 5.74) is 0.883. The maximum absolute atomic E-state index is 12.6. The summed E-state index contributed by atoms with van der Waals surface area (Å²) in [4.78, 5) is 28.6. The lowest BCUT2D eigenvalue weighted by atomic mass is 10.2. The molecule has 1 aromatic carbocycles. The quantitative estimate of drug-likeness (QED) is 0.565. The molecule has 2 heterocycles. The van der Waals surface area contributed by atoms with Crippen molar-refractivity contribution < 1.29 is 19.1 Å². The average molecular weight is 393 g/mol. The van der Waals surface area contributed by atoms with E-state index in [9.17, 15) is 9.59 Å². The van der Waals surface area contributed by atoms with Crippen LogP contribution in [0.4, 0.5) is 0 Å². The van der Waals surface area contributed by atoms with Crippen LogP contribution in [-0.2, 0) is 14.3 Å². The Morgan fingerprint density at radius 3 is 2.65 bits per heavy atom. The van der Waals surface area contributed by atoms with E-state index >= 15 is 0 Å². The Hall–Kier alpha value is -1.90. The Bertz CT molecular complexity index is 727. The van der Waals surface area contributed by atoms with Gasteiger partial charge in [-0.2, -0.15) is 0 Å². The molecule has 0 aliphatic carbocycles. The first-order valence-electron chi connectivity index (χ1n) is 8.42. The molecule has 2 fully saturated rings. The highest BCUT2D eigenvalue weighted by atomic mass is 32.2. The van der Waals surface area contributed by atoms with Crippen LogP contribution in [0.3, 0.4) is 0 Å². The summed E-state index contributed by atoms with van der Waals surface area (Å²) in [6.45, 7) is 4.67. The minimum atomic E-state index is -0.226. The lowest BCUT2D eigenvalue weighted by Gasteiger charge is -2.28. The fourth-order valence-corrected chi connectivity index (χ4v) is 3.92. The number of hydrogen-bond donors (Lipinski definition) is 0. The molecule has 0 saturated carbocycles. The number of morpholine rings is 1. The van der Waals surface area contributed by atoms with E-state index in [1.165, 1.54) is 16.7 Å². The molecular formula is C18H20N2O4S2. The zero-order valence-electron chi connectivity index (χ0n) is 14.5. The van der Waals surface area contributed by atoms with Crippen LogP contribution in [0.5, 0.6) is 5.75 Å². The highest BCUT2D eigenvalue weighted by Gasteiger charge is 2.34. The smallest absolute Gasteiger partial charge is 0.266 e. The summed E-state index contributed by atoms with van der Waals surface area (Å²) in [7, 11) is 0. The first-order valence-corrected chi connectivity index (χ1v) is 9.64. The van der Waals surface area contributed by atoms with Crippen molar-refractivity contribution >= 4 is 46.2 Å². The standard InChI is InChI=1S/C18H20N2O4S2/c1-2-24-14-5-3-13(4-6-14)11-15-17(22)20(18(25)26-15)12-16(21)19-7-9-23-10-8-19/h3-6,11H,2,7-10,12H2,1H3. The van der Waals surface area contributed by atoms with Gasteiger partial charge in [0.1, 0.15) is 16.6 Å². The van der Waals surface area contributed by atoms with Crippen molar-refractivity contribution in [2.75, 3.05) is 39.5 Å². The molecular weight excluding hydrogens is 372 g/mol. The minimum absolute atomic E-state index is 0.0225. The molecule has 1 aromatic rings. The number of nitrogens with zero attached hydrogens (tertiary/aromatic N) is 2. The molecule has 0 atom stereocenters. The van der Waals surface area contributed by atoms with Gasteiger partial charge in [0.25, 0.3) is 5.91 Å². The molecule has 0 aromatic heterocycles. The topological polar surface area (TPSA) is 59.1 Å². The summed E-state index contributed by atoms with van der Waals surface area (Å²) in [5.74, 6) is 0.454. The Labute approximate surface area is 162 Å². The van der Waals surface area contributed by atoms with Gasteiger partial charge in [-0.15, -0.1) is 0 Å². The zero-order valence-corrected chi connectivity index (χ0v) is 16.1. The maximum Gasteiger partial charge on any atom is 0.266 e. The molecule has 26 heavy (non-hydrogen) atoms. The molecule has 2 aliphatic rings. The van der Waals surface area contributed by atoms with Crippen LogP contribution in [0.15, 0.2) is 29.2 Å². The molecule has 3 rings (SSSR count). The van der Waals surface area contributed by atoms with Crippen LogP contribution in [0, 0.1) is 0 Å². The third kappa shape index (κ3) is 4.44. The van der Waals surface area contributed by atoms with Gasteiger partial charge in [-0.25, -0.2) is 0 Å². The van der Waals surface area contributed by atoms with Crippen LogP contribution >= 0.6 is 24.0 Å². The van der Waals surface area contributed by atoms with E-state index < -0.39 is 0 Å². The number of thiocarbonyl (C=S) groups is 1. The van der Waals surface area contributed by atoms with E-state index in [0.29, 0.717) is 42.1 Å². The van der Waals surface area contributed by atoms with Crippen molar-refractivity contribution in [3.63, 3.8) is 0 Å². The summed E-state index contributed by atoms with van der Waals surface area (Å²) in [6, 6.07) is 7.49. The normalized spacial score (nSPS) is 19.3. The lowest BCUT2D eigenvalue weighted by Crippen LogP contribution is -2.46. The van der Waals surface area contributed by atoms with Crippen LogP contribution in [0.2, 0.25) is 0 Å². The minimum Gasteiger partial charge on any atom is -0.494 e. The number of rotatable bonds is 5. The van der Waals surface area contributed by atoms with Gasteiger partial charge in [-0.1, -0.05) is 36.1 Å². The second-order valence-electron chi connectivity index (χ2n) is 5.76. The van der Waals surface area contributed by atoms with Crippen molar-refractivity contribution in [2.24, 2.45) is 0 Å². The van der Waals surface area contributed by atoms with Crippen molar-refractivity contribution in [3.05, 3.63) is 34.7 Å². The van der Waals surface area contributed by atoms with E-state index in [0.717, 1.165) is 11.3 Å². The van der Waals surface area contributed by atoms with Gasteiger partial charge in [0.05, 0.1) is 24.7 Å². The molecule has 0 spiro atoms. The SMILES string of the molecule is CCOc1ccc(C=C2SC(=S)N(CC(=O)N3CCOCC3)C2=O)cc1. The Kier molecular flexibility index (Phi) is 6.29. The number of ether oxygens (including phenoxy) is 2. The first-order chi connectivity index (χ1) is 12.6. The molecule has 8 heteroatoms. The number of benzene rings is 1.